The summed E-state index contributed by atoms with van der Waals surface area (Å²) in [6, 6.07) is 3.36. The van der Waals surface area contributed by atoms with Gasteiger partial charge in [-0.1, -0.05) is 6.07 Å². The average Bonchev–Trinajstić information content (AvgIpc) is 2.02. The minimum atomic E-state index is -4.39. The number of hydrogen-bond donors (Lipinski definition) is 1. The van der Waals surface area contributed by atoms with Gasteiger partial charge in [0.1, 0.15) is 10.7 Å². The molecule has 1 rings (SSSR count). The van der Waals surface area contributed by atoms with Gasteiger partial charge in [-0.05, 0) is 12.1 Å². The summed E-state index contributed by atoms with van der Waals surface area (Å²) in [7, 11) is -4.39. The van der Waals surface area contributed by atoms with Crippen molar-refractivity contribution < 1.29 is 17.4 Å². The second-order valence-corrected chi connectivity index (χ2v) is 3.98. The second-order valence-electron chi connectivity index (χ2n) is 2.33. The zero-order valence-electron chi connectivity index (χ0n) is 6.37. The Balaban J connectivity index is 3.47. The van der Waals surface area contributed by atoms with Crippen molar-refractivity contribution in [2.45, 2.75) is 10.8 Å². The number of alkyl halides is 1. The van der Waals surface area contributed by atoms with Gasteiger partial charge in [0.05, 0.1) is 5.88 Å². The summed E-state index contributed by atoms with van der Waals surface area (Å²) in [5.74, 6) is -1.05. The first-order chi connectivity index (χ1) is 5.96. The minimum Gasteiger partial charge on any atom is -0.282 e. The van der Waals surface area contributed by atoms with Gasteiger partial charge in [0.15, 0.2) is 0 Å². The maximum atomic E-state index is 12.9. The van der Waals surface area contributed by atoms with Gasteiger partial charge >= 0.3 is 0 Å². The third-order valence-electron chi connectivity index (χ3n) is 1.49. The highest BCUT2D eigenvalue weighted by molar-refractivity contribution is 7.85. The van der Waals surface area contributed by atoms with Gasteiger partial charge in [-0.25, -0.2) is 4.39 Å². The summed E-state index contributed by atoms with van der Waals surface area (Å²) in [6.45, 7) is 0. The molecule has 0 heterocycles. The normalized spacial score (nSPS) is 11.6. The molecule has 0 aromatic heterocycles. The van der Waals surface area contributed by atoms with E-state index in [1.165, 1.54) is 6.07 Å². The van der Waals surface area contributed by atoms with Crippen LogP contribution in [0.5, 0.6) is 0 Å². The summed E-state index contributed by atoms with van der Waals surface area (Å²) in [5.41, 5.74) is -0.216. The lowest BCUT2D eigenvalue weighted by Crippen LogP contribution is -2.03. The molecule has 0 radical (unpaired) electrons. The molecule has 6 heteroatoms. The SMILES string of the molecule is O=S(=O)(O)c1cccc(F)c1CCl. The van der Waals surface area contributed by atoms with Gasteiger partial charge in [-0.3, -0.25) is 4.55 Å². The molecule has 0 aliphatic rings. The molecular weight excluding hydrogens is 219 g/mol. The molecule has 0 saturated heterocycles. The van der Waals surface area contributed by atoms with Crippen LogP contribution in [0, 0.1) is 5.82 Å². The van der Waals surface area contributed by atoms with Crippen molar-refractivity contribution in [2.24, 2.45) is 0 Å². The van der Waals surface area contributed by atoms with Crippen molar-refractivity contribution in [3.8, 4) is 0 Å². The van der Waals surface area contributed by atoms with Gasteiger partial charge in [-0.15, -0.1) is 11.6 Å². The quantitative estimate of drug-likeness (QED) is 0.616. The Morgan fingerprint density at radius 2 is 2.08 bits per heavy atom. The van der Waals surface area contributed by atoms with Crippen LogP contribution in [0.1, 0.15) is 5.56 Å². The molecule has 13 heavy (non-hydrogen) atoms. The fourth-order valence-corrected chi connectivity index (χ4v) is 1.99. The van der Waals surface area contributed by atoms with E-state index in [-0.39, 0.29) is 11.4 Å². The predicted molar refractivity (Wildman–Crippen MR) is 45.8 cm³/mol. The van der Waals surface area contributed by atoms with E-state index in [1.54, 1.807) is 0 Å². The van der Waals surface area contributed by atoms with E-state index in [9.17, 15) is 12.8 Å². The van der Waals surface area contributed by atoms with Gasteiger partial charge in [0, 0.05) is 5.56 Å². The molecule has 1 aromatic carbocycles. The van der Waals surface area contributed by atoms with Crippen molar-refractivity contribution in [3.63, 3.8) is 0 Å². The summed E-state index contributed by atoms with van der Waals surface area (Å²) in [4.78, 5) is -0.484. The lowest BCUT2D eigenvalue weighted by atomic mass is 10.2. The van der Waals surface area contributed by atoms with Gasteiger partial charge in [0.25, 0.3) is 10.1 Å². The van der Waals surface area contributed by atoms with Crippen molar-refractivity contribution in [2.75, 3.05) is 0 Å². The van der Waals surface area contributed by atoms with E-state index in [1.807, 2.05) is 0 Å². The molecule has 0 fully saturated rings. The first-order valence-corrected chi connectivity index (χ1v) is 5.25. The highest BCUT2D eigenvalue weighted by Gasteiger charge is 2.17. The van der Waals surface area contributed by atoms with Crippen LogP contribution in [0.25, 0.3) is 0 Å². The first-order valence-electron chi connectivity index (χ1n) is 3.27. The van der Waals surface area contributed by atoms with E-state index < -0.39 is 20.8 Å². The number of benzene rings is 1. The van der Waals surface area contributed by atoms with Crippen LogP contribution in [-0.4, -0.2) is 13.0 Å². The topological polar surface area (TPSA) is 54.4 Å². The largest absolute Gasteiger partial charge is 0.294 e. The maximum absolute atomic E-state index is 12.9. The smallest absolute Gasteiger partial charge is 0.282 e. The van der Waals surface area contributed by atoms with Crippen LogP contribution in [-0.2, 0) is 16.0 Å². The van der Waals surface area contributed by atoms with Crippen LogP contribution in [0.4, 0.5) is 4.39 Å². The molecule has 72 valence electrons. The van der Waals surface area contributed by atoms with Crippen molar-refractivity contribution in [1.82, 2.24) is 0 Å². The highest BCUT2D eigenvalue weighted by atomic mass is 35.5. The molecule has 1 N–H and O–H groups in total. The summed E-state index contributed by atoms with van der Waals surface area (Å²) < 4.78 is 43.0. The Bertz CT molecular complexity index is 416. The fourth-order valence-electron chi connectivity index (χ4n) is 0.910. The number of hydrogen-bond acceptors (Lipinski definition) is 2. The molecule has 0 unspecified atom stereocenters. The monoisotopic (exact) mass is 224 g/mol. The van der Waals surface area contributed by atoms with Crippen LogP contribution in [0.2, 0.25) is 0 Å². The molecule has 0 saturated carbocycles. The first kappa shape index (κ1) is 10.4. The van der Waals surface area contributed by atoms with Crippen LogP contribution in [0.15, 0.2) is 23.1 Å². The summed E-state index contributed by atoms with van der Waals surface area (Å²) in [6.07, 6.45) is 0. The summed E-state index contributed by atoms with van der Waals surface area (Å²) in [5, 5.41) is 0. The zero-order chi connectivity index (χ0) is 10.1. The van der Waals surface area contributed by atoms with E-state index in [2.05, 4.69) is 0 Å². The second kappa shape index (κ2) is 3.61. The predicted octanol–water partition coefficient (Wildman–Crippen LogP) is 1.81. The molecular formula is C7H6ClFO3S. The molecule has 0 spiro atoms. The Hall–Kier alpha value is -0.650. The molecule has 0 atom stereocenters. The Kier molecular flexibility index (Phi) is 2.90. The lowest BCUT2D eigenvalue weighted by molar-refractivity contribution is 0.480. The zero-order valence-corrected chi connectivity index (χ0v) is 7.94. The number of halogens is 2. The number of rotatable bonds is 2. The Labute approximate surface area is 79.9 Å². The van der Waals surface area contributed by atoms with E-state index in [0.29, 0.717) is 0 Å². The van der Waals surface area contributed by atoms with Crippen molar-refractivity contribution >= 4 is 21.7 Å². The Morgan fingerprint density at radius 3 is 2.46 bits per heavy atom. The van der Waals surface area contributed by atoms with E-state index >= 15 is 0 Å². The van der Waals surface area contributed by atoms with Gasteiger partial charge < -0.3 is 0 Å². The average molecular weight is 225 g/mol. The summed E-state index contributed by atoms with van der Waals surface area (Å²) >= 11 is 5.33. The lowest BCUT2D eigenvalue weighted by Gasteiger charge is -2.03. The van der Waals surface area contributed by atoms with Crippen LogP contribution in [0.3, 0.4) is 0 Å². The van der Waals surface area contributed by atoms with Crippen LogP contribution < -0.4 is 0 Å². The van der Waals surface area contributed by atoms with Crippen LogP contribution >= 0.6 is 11.6 Å². The van der Waals surface area contributed by atoms with Gasteiger partial charge in [0.2, 0.25) is 0 Å². The van der Waals surface area contributed by atoms with Crippen molar-refractivity contribution in [1.29, 1.82) is 0 Å². The molecule has 0 bridgehead atoms. The maximum Gasteiger partial charge on any atom is 0.294 e. The van der Waals surface area contributed by atoms with E-state index in [4.69, 9.17) is 16.2 Å². The third-order valence-corrected chi connectivity index (χ3v) is 2.69. The third kappa shape index (κ3) is 2.18. The highest BCUT2D eigenvalue weighted by Crippen LogP contribution is 2.20. The molecule has 0 amide bonds. The van der Waals surface area contributed by atoms with E-state index in [0.717, 1.165) is 12.1 Å². The minimum absolute atomic E-state index is 0.216. The molecule has 0 aliphatic heterocycles. The van der Waals surface area contributed by atoms with Gasteiger partial charge in [-0.2, -0.15) is 8.42 Å². The molecule has 0 aliphatic carbocycles. The molecule has 1 aromatic rings. The fraction of sp³-hybridized carbons (Fsp3) is 0.143. The molecule has 3 nitrogen and oxygen atoms in total. The van der Waals surface area contributed by atoms with Crippen molar-refractivity contribution in [3.05, 3.63) is 29.6 Å². The Morgan fingerprint density at radius 1 is 1.46 bits per heavy atom. The standard InChI is InChI=1S/C7H6ClFO3S/c8-4-5-6(9)2-1-3-7(5)13(10,11)12/h1-3H,4H2,(H,10,11,12).